The molecule has 0 aromatic heterocycles. The van der Waals surface area contributed by atoms with E-state index in [-0.39, 0.29) is 11.0 Å². The average Bonchev–Trinajstić information content (AvgIpc) is 2.48. The molecule has 0 aromatic rings. The number of rotatable bonds is 0. The molecule has 2 heterocycles. The third-order valence-corrected chi connectivity index (χ3v) is 5.06. The zero-order chi connectivity index (χ0) is 11.1. The minimum Gasteiger partial charge on any atom is -0.371 e. The topological polar surface area (TPSA) is 21.3 Å². The van der Waals surface area contributed by atoms with Crippen LogP contribution in [0.25, 0.3) is 0 Å². The Balaban J connectivity index is 2.26. The molecule has 2 nitrogen and oxygen atoms in total. The highest BCUT2D eigenvalue weighted by Gasteiger charge is 2.53. The summed E-state index contributed by atoms with van der Waals surface area (Å²) in [6, 6.07) is 0.490. The molecule has 2 saturated heterocycles. The fourth-order valence-electron chi connectivity index (χ4n) is 3.05. The van der Waals surface area contributed by atoms with E-state index in [1.165, 1.54) is 12.2 Å². The lowest BCUT2D eigenvalue weighted by Crippen LogP contribution is -2.65. The first-order valence-corrected chi connectivity index (χ1v) is 7.01. The first-order chi connectivity index (χ1) is 6.97. The fourth-order valence-corrected chi connectivity index (χ4v) is 4.44. The van der Waals surface area contributed by atoms with Gasteiger partial charge in [-0.05, 0) is 17.6 Å². The molecule has 2 rings (SSSR count). The van der Waals surface area contributed by atoms with Gasteiger partial charge in [0.15, 0.2) is 0 Å². The van der Waals surface area contributed by atoms with E-state index in [1.54, 1.807) is 0 Å². The van der Waals surface area contributed by atoms with Crippen molar-refractivity contribution in [3.63, 3.8) is 0 Å². The second kappa shape index (κ2) is 3.94. The van der Waals surface area contributed by atoms with Gasteiger partial charge >= 0.3 is 0 Å². The van der Waals surface area contributed by atoms with Crippen molar-refractivity contribution in [1.82, 2.24) is 5.32 Å². The maximum absolute atomic E-state index is 6.19. The minimum absolute atomic E-state index is 0.0845. The molecule has 0 amide bonds. The molecular weight excluding hydrogens is 206 g/mol. The lowest BCUT2D eigenvalue weighted by molar-refractivity contribution is -0.117. The van der Waals surface area contributed by atoms with Crippen molar-refractivity contribution in [3.8, 4) is 0 Å². The Morgan fingerprint density at radius 1 is 1.40 bits per heavy atom. The van der Waals surface area contributed by atoms with Gasteiger partial charge in [-0.25, -0.2) is 0 Å². The molecule has 0 aliphatic carbocycles. The third kappa shape index (κ3) is 1.94. The number of ether oxygens (including phenoxy) is 1. The molecule has 3 heteroatoms. The molecule has 2 aliphatic heterocycles. The number of hydrogen-bond donors (Lipinski definition) is 1. The molecule has 0 aromatic carbocycles. The Labute approximate surface area is 97.5 Å². The zero-order valence-corrected chi connectivity index (χ0v) is 11.1. The molecule has 88 valence electrons. The van der Waals surface area contributed by atoms with E-state index in [2.05, 4.69) is 44.8 Å². The Hall–Kier alpha value is 0.270. The zero-order valence-electron chi connectivity index (χ0n) is 10.3. The van der Waals surface area contributed by atoms with Gasteiger partial charge in [-0.15, -0.1) is 0 Å². The van der Waals surface area contributed by atoms with Gasteiger partial charge in [-0.3, -0.25) is 0 Å². The van der Waals surface area contributed by atoms with Crippen LogP contribution in [0.15, 0.2) is 0 Å². The Bertz CT molecular complexity index is 238. The van der Waals surface area contributed by atoms with Crippen LogP contribution in [-0.4, -0.2) is 35.8 Å². The molecule has 3 atom stereocenters. The first kappa shape index (κ1) is 11.7. The Morgan fingerprint density at radius 2 is 2.13 bits per heavy atom. The standard InChI is InChI=1S/C12H23NOS/c1-9-12(5-8-15-9)10(11(2,3)4)13-6-7-14-12/h9-10,13H,5-8H2,1-4H3. The Morgan fingerprint density at radius 3 is 2.67 bits per heavy atom. The van der Waals surface area contributed by atoms with Crippen molar-refractivity contribution in [1.29, 1.82) is 0 Å². The number of hydrogen-bond acceptors (Lipinski definition) is 3. The monoisotopic (exact) mass is 229 g/mol. The van der Waals surface area contributed by atoms with Crippen LogP contribution in [0.3, 0.4) is 0 Å². The summed E-state index contributed by atoms with van der Waals surface area (Å²) in [5.41, 5.74) is 0.362. The van der Waals surface area contributed by atoms with Gasteiger partial charge in [0.1, 0.15) is 0 Å². The average molecular weight is 229 g/mol. The number of nitrogens with one attached hydrogen (secondary N) is 1. The quantitative estimate of drug-likeness (QED) is 0.688. The predicted molar refractivity (Wildman–Crippen MR) is 66.5 cm³/mol. The first-order valence-electron chi connectivity index (χ1n) is 5.96. The Kier molecular flexibility index (Phi) is 3.08. The highest BCUT2D eigenvalue weighted by Crippen LogP contribution is 2.46. The van der Waals surface area contributed by atoms with Crippen molar-refractivity contribution in [2.24, 2.45) is 5.41 Å². The fraction of sp³-hybridized carbons (Fsp3) is 1.00. The lowest BCUT2D eigenvalue weighted by Gasteiger charge is -2.50. The van der Waals surface area contributed by atoms with Crippen LogP contribution in [0.5, 0.6) is 0 Å². The summed E-state index contributed by atoms with van der Waals surface area (Å²) in [5.74, 6) is 1.25. The normalized spacial score (nSPS) is 42.4. The van der Waals surface area contributed by atoms with E-state index in [0.717, 1.165) is 13.2 Å². The van der Waals surface area contributed by atoms with Crippen LogP contribution in [-0.2, 0) is 4.74 Å². The molecule has 3 unspecified atom stereocenters. The van der Waals surface area contributed by atoms with E-state index in [4.69, 9.17) is 4.74 Å². The van der Waals surface area contributed by atoms with Gasteiger partial charge in [-0.1, -0.05) is 27.7 Å². The summed E-state index contributed by atoms with van der Waals surface area (Å²) in [6.07, 6.45) is 1.20. The van der Waals surface area contributed by atoms with E-state index >= 15 is 0 Å². The van der Waals surface area contributed by atoms with Crippen LogP contribution in [0.1, 0.15) is 34.1 Å². The maximum atomic E-state index is 6.19. The van der Waals surface area contributed by atoms with Gasteiger partial charge in [0.05, 0.1) is 12.2 Å². The summed E-state index contributed by atoms with van der Waals surface area (Å²) in [5, 5.41) is 4.30. The summed E-state index contributed by atoms with van der Waals surface area (Å²) in [7, 11) is 0. The summed E-state index contributed by atoms with van der Waals surface area (Å²) in [4.78, 5) is 0. The minimum atomic E-state index is 0.0845. The largest absolute Gasteiger partial charge is 0.371 e. The summed E-state index contributed by atoms with van der Waals surface area (Å²) in [6.45, 7) is 11.1. The van der Waals surface area contributed by atoms with E-state index < -0.39 is 0 Å². The molecule has 2 aliphatic rings. The summed E-state index contributed by atoms with van der Waals surface area (Å²) >= 11 is 2.06. The smallest absolute Gasteiger partial charge is 0.0963 e. The van der Waals surface area contributed by atoms with E-state index in [9.17, 15) is 0 Å². The highest BCUT2D eigenvalue weighted by atomic mass is 32.2. The molecule has 0 bridgehead atoms. The SMILES string of the molecule is CC1SCCC12OCCNC2C(C)(C)C. The van der Waals surface area contributed by atoms with Crippen molar-refractivity contribution >= 4 is 11.8 Å². The van der Waals surface area contributed by atoms with Gasteiger partial charge < -0.3 is 10.1 Å². The summed E-state index contributed by atoms with van der Waals surface area (Å²) < 4.78 is 6.19. The van der Waals surface area contributed by atoms with Crippen LogP contribution in [0, 0.1) is 5.41 Å². The van der Waals surface area contributed by atoms with Crippen LogP contribution in [0.2, 0.25) is 0 Å². The van der Waals surface area contributed by atoms with Gasteiger partial charge in [0, 0.05) is 17.8 Å². The van der Waals surface area contributed by atoms with Crippen molar-refractivity contribution < 1.29 is 4.74 Å². The van der Waals surface area contributed by atoms with Crippen molar-refractivity contribution in [2.75, 3.05) is 18.9 Å². The molecule has 2 fully saturated rings. The molecule has 1 N–H and O–H groups in total. The highest BCUT2D eigenvalue weighted by molar-refractivity contribution is 8.00. The molecule has 1 spiro atoms. The second-order valence-corrected chi connectivity index (χ2v) is 7.27. The maximum Gasteiger partial charge on any atom is 0.0963 e. The van der Waals surface area contributed by atoms with Crippen LogP contribution >= 0.6 is 11.8 Å². The van der Waals surface area contributed by atoms with Crippen LogP contribution < -0.4 is 5.32 Å². The third-order valence-electron chi connectivity index (χ3n) is 3.72. The molecule has 0 saturated carbocycles. The van der Waals surface area contributed by atoms with E-state index in [1.807, 2.05) is 0 Å². The predicted octanol–water partition coefficient (Wildman–Crippen LogP) is 2.29. The van der Waals surface area contributed by atoms with Gasteiger partial charge in [-0.2, -0.15) is 11.8 Å². The van der Waals surface area contributed by atoms with Crippen LogP contribution in [0.4, 0.5) is 0 Å². The molecule has 0 radical (unpaired) electrons. The lowest BCUT2D eigenvalue weighted by atomic mass is 9.73. The van der Waals surface area contributed by atoms with E-state index in [0.29, 0.717) is 11.3 Å². The number of morpholine rings is 1. The van der Waals surface area contributed by atoms with Gasteiger partial charge in [0.2, 0.25) is 0 Å². The molecule has 15 heavy (non-hydrogen) atoms. The van der Waals surface area contributed by atoms with Crippen molar-refractivity contribution in [3.05, 3.63) is 0 Å². The van der Waals surface area contributed by atoms with Gasteiger partial charge in [0.25, 0.3) is 0 Å². The van der Waals surface area contributed by atoms with Crippen molar-refractivity contribution in [2.45, 2.75) is 51.0 Å². The number of thioether (sulfide) groups is 1. The second-order valence-electron chi connectivity index (χ2n) is 5.82. The molecular formula is C12H23NOS.